The summed E-state index contributed by atoms with van der Waals surface area (Å²) >= 11 is 0. The highest BCUT2D eigenvalue weighted by Crippen LogP contribution is 2.57. The molecule has 2 aliphatic rings. The standard InChI is InChI=1S/C40H42F8N2/c1-11-22(5)40(12-2)31-17-27(49(23(6)20-41)37-33(44)19-39(10,48)38(47)35(37)46)13-15-29(31)30-16-14-28(18-32(30)40)50(26(9)21(3)4)36(25(8)43)34(45)24(7)42/h11,13-18,23H,7-8,12,19-20H2,1-6,9-10H3/b22-11+,36-34-. The van der Waals surface area contributed by atoms with Gasteiger partial charge in [0.1, 0.15) is 29.7 Å². The Kier molecular flexibility index (Phi) is 10.9. The zero-order chi connectivity index (χ0) is 37.6. The van der Waals surface area contributed by atoms with Crippen LogP contribution in [0.2, 0.25) is 0 Å². The van der Waals surface area contributed by atoms with Crippen LogP contribution in [0.4, 0.5) is 46.5 Å². The minimum absolute atomic E-state index is 0.142. The fourth-order valence-corrected chi connectivity index (χ4v) is 7.00. The monoisotopic (exact) mass is 702 g/mol. The molecule has 0 heterocycles. The summed E-state index contributed by atoms with van der Waals surface area (Å²) in [7, 11) is 0. The molecule has 3 atom stereocenters. The number of anilines is 2. The average Bonchev–Trinajstić information content (AvgIpc) is 3.35. The van der Waals surface area contributed by atoms with Crippen LogP contribution in [0, 0.1) is 0 Å². The van der Waals surface area contributed by atoms with Crippen molar-refractivity contribution in [3.05, 3.63) is 130 Å². The molecular formula is C40H42F8N2. The molecule has 10 heteroatoms. The Hall–Kier alpha value is -4.34. The van der Waals surface area contributed by atoms with Crippen LogP contribution in [0.1, 0.15) is 79.4 Å². The van der Waals surface area contributed by atoms with Crippen LogP contribution in [0.3, 0.4) is 0 Å². The van der Waals surface area contributed by atoms with Crippen molar-refractivity contribution in [2.45, 2.75) is 85.4 Å². The minimum atomic E-state index is -2.90. The van der Waals surface area contributed by atoms with E-state index in [2.05, 4.69) is 13.2 Å². The second kappa shape index (κ2) is 14.1. The van der Waals surface area contributed by atoms with Gasteiger partial charge in [-0.25, -0.2) is 35.1 Å². The third-order valence-electron chi connectivity index (χ3n) is 9.88. The minimum Gasteiger partial charge on any atom is -0.331 e. The first-order valence-corrected chi connectivity index (χ1v) is 16.3. The number of benzene rings is 2. The van der Waals surface area contributed by atoms with Gasteiger partial charge in [0.2, 0.25) is 0 Å². The summed E-state index contributed by atoms with van der Waals surface area (Å²) in [4.78, 5) is 2.25. The van der Waals surface area contributed by atoms with Crippen LogP contribution in [0.25, 0.3) is 11.1 Å². The second-order valence-electron chi connectivity index (χ2n) is 13.2. The van der Waals surface area contributed by atoms with E-state index >= 15 is 17.6 Å². The zero-order valence-electron chi connectivity index (χ0n) is 29.6. The van der Waals surface area contributed by atoms with E-state index in [-0.39, 0.29) is 5.69 Å². The first-order valence-electron chi connectivity index (χ1n) is 16.3. The topological polar surface area (TPSA) is 6.48 Å². The summed E-state index contributed by atoms with van der Waals surface area (Å²) < 4.78 is 119. The molecule has 50 heavy (non-hydrogen) atoms. The van der Waals surface area contributed by atoms with E-state index in [1.807, 2.05) is 26.8 Å². The number of hydrogen-bond acceptors (Lipinski definition) is 2. The summed E-state index contributed by atoms with van der Waals surface area (Å²) in [5.74, 6) is -8.99. The summed E-state index contributed by atoms with van der Waals surface area (Å²) in [6.07, 6.45) is 1.27. The van der Waals surface area contributed by atoms with Gasteiger partial charge in [-0.05, 0) is 101 Å². The number of allylic oxidation sites excluding steroid dienone is 10. The highest BCUT2D eigenvalue weighted by molar-refractivity contribution is 5.87. The highest BCUT2D eigenvalue weighted by Gasteiger charge is 2.46. The van der Waals surface area contributed by atoms with Crippen molar-refractivity contribution in [3.8, 4) is 11.1 Å². The predicted octanol–water partition coefficient (Wildman–Crippen LogP) is 13.2. The van der Waals surface area contributed by atoms with Crippen LogP contribution in [-0.2, 0) is 5.41 Å². The zero-order valence-corrected chi connectivity index (χ0v) is 29.6. The van der Waals surface area contributed by atoms with Crippen molar-refractivity contribution in [1.29, 1.82) is 0 Å². The van der Waals surface area contributed by atoms with Crippen molar-refractivity contribution >= 4 is 11.4 Å². The van der Waals surface area contributed by atoms with E-state index in [0.717, 1.165) is 28.5 Å². The van der Waals surface area contributed by atoms with Crippen LogP contribution >= 0.6 is 0 Å². The van der Waals surface area contributed by atoms with Crippen molar-refractivity contribution in [2.24, 2.45) is 0 Å². The van der Waals surface area contributed by atoms with Gasteiger partial charge < -0.3 is 9.80 Å². The van der Waals surface area contributed by atoms with Crippen molar-refractivity contribution in [1.82, 2.24) is 0 Å². The van der Waals surface area contributed by atoms with Crippen LogP contribution < -0.4 is 9.80 Å². The Morgan fingerprint density at radius 2 is 1.46 bits per heavy atom. The molecule has 0 radical (unpaired) electrons. The number of hydrogen-bond donors (Lipinski definition) is 0. The molecule has 268 valence electrons. The molecule has 0 aromatic heterocycles. The van der Waals surface area contributed by atoms with Gasteiger partial charge in [-0.1, -0.05) is 49.4 Å². The average molecular weight is 703 g/mol. The molecule has 0 aliphatic heterocycles. The Bertz CT molecular complexity index is 1910. The van der Waals surface area contributed by atoms with Gasteiger partial charge in [0.15, 0.2) is 29.0 Å². The fraction of sp³-hybridized carbons (Fsp3) is 0.350. The van der Waals surface area contributed by atoms with Crippen molar-refractivity contribution in [2.75, 3.05) is 16.5 Å². The molecule has 4 rings (SSSR count). The fourth-order valence-electron chi connectivity index (χ4n) is 7.00. The third-order valence-corrected chi connectivity index (χ3v) is 9.88. The first-order chi connectivity index (χ1) is 23.3. The summed E-state index contributed by atoms with van der Waals surface area (Å²) in [6.45, 7) is 18.1. The molecule has 2 nitrogen and oxygen atoms in total. The number of alkyl halides is 2. The third kappa shape index (κ3) is 6.15. The smallest absolute Gasteiger partial charge is 0.185 e. The van der Waals surface area contributed by atoms with E-state index in [4.69, 9.17) is 0 Å². The maximum Gasteiger partial charge on any atom is 0.185 e. The van der Waals surface area contributed by atoms with E-state index in [9.17, 15) is 17.6 Å². The summed E-state index contributed by atoms with van der Waals surface area (Å²) in [5, 5.41) is 0. The maximum atomic E-state index is 15.5. The molecule has 2 aromatic rings. The summed E-state index contributed by atoms with van der Waals surface area (Å²) in [5.41, 5.74) is -0.212. The maximum absolute atomic E-state index is 15.5. The lowest BCUT2D eigenvalue weighted by atomic mass is 9.70. The van der Waals surface area contributed by atoms with Gasteiger partial charge in [0.05, 0.1) is 6.04 Å². The van der Waals surface area contributed by atoms with Gasteiger partial charge in [0.25, 0.3) is 0 Å². The van der Waals surface area contributed by atoms with Gasteiger partial charge in [-0.15, -0.1) is 0 Å². The highest BCUT2D eigenvalue weighted by atomic mass is 19.2. The molecule has 0 saturated carbocycles. The quantitative estimate of drug-likeness (QED) is 0.131. The van der Waals surface area contributed by atoms with Crippen molar-refractivity contribution < 1.29 is 35.1 Å². The van der Waals surface area contributed by atoms with Crippen LogP contribution in [0.15, 0.2) is 119 Å². The summed E-state index contributed by atoms with van der Waals surface area (Å²) in [6, 6.07) is 8.87. The van der Waals surface area contributed by atoms with Gasteiger partial charge in [0, 0.05) is 28.9 Å². The Balaban J connectivity index is 2.06. The lowest BCUT2D eigenvalue weighted by molar-refractivity contribution is 0.172. The molecule has 3 unspecified atom stereocenters. The number of halogens is 8. The number of nitrogens with zero attached hydrogens (tertiary/aromatic N) is 2. The lowest BCUT2D eigenvalue weighted by Gasteiger charge is -2.37. The SMILES string of the molecule is C=C(F)/C(F)=C(\C(=C)F)N(C(C)=C(C)C)c1ccc2c(c1)C(CC)(/C(C)=C/C)c1cc(N(C3=C(F)CC(C)(F)C(F)=C3F)C(C)CF)ccc1-2. The van der Waals surface area contributed by atoms with Gasteiger partial charge in [-0.2, -0.15) is 0 Å². The second-order valence-corrected chi connectivity index (χ2v) is 13.2. The van der Waals surface area contributed by atoms with Gasteiger partial charge in [-0.3, -0.25) is 0 Å². The van der Waals surface area contributed by atoms with Crippen molar-refractivity contribution in [3.63, 3.8) is 0 Å². The molecule has 0 spiro atoms. The van der Waals surface area contributed by atoms with Gasteiger partial charge >= 0.3 is 0 Å². The lowest BCUT2D eigenvalue weighted by Crippen LogP contribution is -2.38. The number of fused-ring (bicyclic) bond motifs is 3. The molecule has 0 N–H and O–H groups in total. The van der Waals surface area contributed by atoms with Crippen LogP contribution in [-0.4, -0.2) is 18.4 Å². The Morgan fingerprint density at radius 1 is 0.920 bits per heavy atom. The molecule has 0 saturated heterocycles. The van der Waals surface area contributed by atoms with E-state index in [0.29, 0.717) is 34.5 Å². The van der Waals surface area contributed by atoms with E-state index < -0.39 is 76.6 Å². The molecule has 0 fully saturated rings. The largest absolute Gasteiger partial charge is 0.331 e. The normalized spacial score (nSPS) is 21.4. The molecule has 2 aliphatic carbocycles. The van der Waals surface area contributed by atoms with Crippen LogP contribution in [0.5, 0.6) is 0 Å². The molecule has 2 aromatic carbocycles. The van der Waals surface area contributed by atoms with E-state index in [1.165, 1.54) is 17.9 Å². The Morgan fingerprint density at radius 3 is 1.92 bits per heavy atom. The first kappa shape index (κ1) is 38.5. The molecule has 0 amide bonds. The predicted molar refractivity (Wildman–Crippen MR) is 187 cm³/mol. The molecular weight excluding hydrogens is 660 g/mol. The number of rotatable bonds is 11. The van der Waals surface area contributed by atoms with E-state index in [1.54, 1.807) is 51.1 Å². The Labute approximate surface area is 289 Å². The molecule has 0 bridgehead atoms.